The largest absolute Gasteiger partial charge is 0.493 e. The number of amides is 2. The molecule has 37 heavy (non-hydrogen) atoms. The van der Waals surface area contributed by atoms with E-state index >= 15 is 0 Å². The molecular weight excluding hydrogens is 476 g/mol. The fourth-order valence-corrected chi connectivity index (χ4v) is 4.15. The highest BCUT2D eigenvalue weighted by Crippen LogP contribution is 2.35. The molecule has 10 nitrogen and oxygen atoms in total. The van der Waals surface area contributed by atoms with Gasteiger partial charge in [0.25, 0.3) is 5.91 Å². The van der Waals surface area contributed by atoms with Crippen molar-refractivity contribution in [2.75, 3.05) is 33.9 Å². The first-order valence-corrected chi connectivity index (χ1v) is 12.4. The summed E-state index contributed by atoms with van der Waals surface area (Å²) in [5.41, 5.74) is 2.31. The Morgan fingerprint density at radius 1 is 1.05 bits per heavy atom. The molecule has 1 saturated heterocycles. The Kier molecular flexibility index (Phi) is 7.36. The first-order valence-electron chi connectivity index (χ1n) is 12.4. The van der Waals surface area contributed by atoms with E-state index in [2.05, 4.69) is 15.5 Å². The minimum absolute atomic E-state index is 0.000989. The number of nitrogens with zero attached hydrogens (tertiary/aromatic N) is 3. The third-order valence-electron chi connectivity index (χ3n) is 6.76. The fourth-order valence-electron chi connectivity index (χ4n) is 4.15. The lowest BCUT2D eigenvalue weighted by atomic mass is 9.96. The van der Waals surface area contributed by atoms with E-state index in [-0.39, 0.29) is 24.0 Å². The molecule has 3 aromatic rings. The van der Waals surface area contributed by atoms with E-state index in [1.165, 1.54) is 0 Å². The molecular formula is C27H30N4O6. The second-order valence-corrected chi connectivity index (χ2v) is 9.23. The third-order valence-corrected chi connectivity index (χ3v) is 6.76. The van der Waals surface area contributed by atoms with Crippen molar-refractivity contribution in [1.82, 2.24) is 20.4 Å². The SMILES string of the molecule is COc1ccc(-c2noc(C(=O)NCCc3ccc(C(=O)N4CC(OC)C4)cc3)n2)cc1OC1CCC1. The molecule has 1 aliphatic heterocycles. The van der Waals surface area contributed by atoms with E-state index in [1.807, 2.05) is 24.3 Å². The average molecular weight is 507 g/mol. The molecule has 2 aromatic carbocycles. The van der Waals surface area contributed by atoms with E-state index in [1.54, 1.807) is 37.3 Å². The number of hydrogen-bond acceptors (Lipinski definition) is 8. The normalized spacial score (nSPS) is 15.6. The van der Waals surface area contributed by atoms with Crippen molar-refractivity contribution in [3.05, 3.63) is 59.5 Å². The Hall–Kier alpha value is -3.92. The van der Waals surface area contributed by atoms with Crippen molar-refractivity contribution in [1.29, 1.82) is 0 Å². The summed E-state index contributed by atoms with van der Waals surface area (Å²) in [5.74, 6) is 0.990. The summed E-state index contributed by atoms with van der Waals surface area (Å²) in [6.45, 7) is 1.62. The van der Waals surface area contributed by atoms with Crippen molar-refractivity contribution in [3.63, 3.8) is 0 Å². The molecule has 0 spiro atoms. The maximum Gasteiger partial charge on any atom is 0.316 e. The van der Waals surface area contributed by atoms with Crippen LogP contribution in [0.15, 0.2) is 47.0 Å². The van der Waals surface area contributed by atoms with Gasteiger partial charge in [-0.05, 0) is 61.6 Å². The lowest BCUT2D eigenvalue weighted by molar-refractivity contribution is -0.0191. The van der Waals surface area contributed by atoms with Crippen LogP contribution in [0.3, 0.4) is 0 Å². The maximum atomic E-state index is 12.5. The lowest BCUT2D eigenvalue weighted by Crippen LogP contribution is -2.54. The van der Waals surface area contributed by atoms with Crippen molar-refractivity contribution in [2.45, 2.75) is 37.9 Å². The van der Waals surface area contributed by atoms with E-state index in [0.29, 0.717) is 54.5 Å². The minimum atomic E-state index is -0.449. The van der Waals surface area contributed by atoms with Gasteiger partial charge in [-0.25, -0.2) is 0 Å². The van der Waals surface area contributed by atoms with Crippen LogP contribution in [0.1, 0.15) is 45.9 Å². The van der Waals surface area contributed by atoms with Gasteiger partial charge in [0, 0.05) is 37.9 Å². The molecule has 1 N–H and O–H groups in total. The first-order chi connectivity index (χ1) is 18.0. The van der Waals surface area contributed by atoms with Gasteiger partial charge >= 0.3 is 11.8 Å². The zero-order valence-corrected chi connectivity index (χ0v) is 20.9. The molecule has 0 bridgehead atoms. The number of ether oxygens (including phenoxy) is 3. The van der Waals surface area contributed by atoms with Crippen molar-refractivity contribution in [3.8, 4) is 22.9 Å². The van der Waals surface area contributed by atoms with Gasteiger partial charge in [-0.3, -0.25) is 9.59 Å². The van der Waals surface area contributed by atoms with Crippen molar-refractivity contribution < 1.29 is 28.3 Å². The number of carbonyl (C=O) groups excluding carboxylic acids is 2. The summed E-state index contributed by atoms with van der Waals surface area (Å²) in [5, 5.41) is 6.76. The number of aromatic nitrogens is 2. The van der Waals surface area contributed by atoms with Crippen LogP contribution in [0.5, 0.6) is 11.5 Å². The Bertz CT molecular complexity index is 1250. The second-order valence-electron chi connectivity index (χ2n) is 9.23. The second kappa shape index (κ2) is 11.0. The predicted octanol–water partition coefficient (Wildman–Crippen LogP) is 3.12. The summed E-state index contributed by atoms with van der Waals surface area (Å²) in [4.78, 5) is 31.0. The van der Waals surface area contributed by atoms with Gasteiger partial charge in [-0.2, -0.15) is 4.98 Å². The Labute approximate surface area is 214 Å². The molecule has 10 heteroatoms. The summed E-state index contributed by atoms with van der Waals surface area (Å²) >= 11 is 0. The monoisotopic (exact) mass is 506 g/mol. The fraction of sp³-hybridized carbons (Fsp3) is 0.407. The Morgan fingerprint density at radius 3 is 2.51 bits per heavy atom. The van der Waals surface area contributed by atoms with Gasteiger partial charge in [0.05, 0.1) is 19.3 Å². The first kappa shape index (κ1) is 24.8. The Morgan fingerprint density at radius 2 is 1.84 bits per heavy atom. The molecule has 1 aliphatic carbocycles. The van der Waals surface area contributed by atoms with Crippen molar-refractivity contribution >= 4 is 11.8 Å². The van der Waals surface area contributed by atoms with E-state index in [9.17, 15) is 9.59 Å². The van der Waals surface area contributed by atoms with Crippen molar-refractivity contribution in [2.24, 2.45) is 0 Å². The van der Waals surface area contributed by atoms with Crippen LogP contribution in [-0.4, -0.2) is 72.9 Å². The number of benzene rings is 2. The van der Waals surface area contributed by atoms with Gasteiger partial charge in [0.15, 0.2) is 11.5 Å². The molecule has 5 rings (SSSR count). The molecule has 2 amide bonds. The standard InChI is InChI=1S/C27H30N4O6/c1-34-21-15-31(16-21)27(33)18-8-6-17(7-9-18)12-13-28-25(32)26-29-24(30-37-26)19-10-11-22(35-2)23(14-19)36-20-4-3-5-20/h6-11,14,20-21H,3-5,12-13,15-16H2,1-2H3,(H,28,32). The Balaban J connectivity index is 1.13. The van der Waals surface area contributed by atoms with Crippen LogP contribution in [0, 0.1) is 0 Å². The number of rotatable bonds is 10. The van der Waals surface area contributed by atoms with Gasteiger partial charge in [-0.15, -0.1) is 0 Å². The van der Waals surface area contributed by atoms with Gasteiger partial charge in [0.1, 0.15) is 0 Å². The van der Waals surface area contributed by atoms with E-state index < -0.39 is 5.91 Å². The summed E-state index contributed by atoms with van der Waals surface area (Å²) < 4.78 is 21.8. The highest BCUT2D eigenvalue weighted by Gasteiger charge is 2.31. The third kappa shape index (κ3) is 5.59. The molecule has 194 valence electrons. The van der Waals surface area contributed by atoms with Crippen LogP contribution in [0.4, 0.5) is 0 Å². The lowest BCUT2D eigenvalue weighted by Gasteiger charge is -2.38. The number of methoxy groups -OCH3 is 2. The highest BCUT2D eigenvalue weighted by atomic mass is 16.5. The minimum Gasteiger partial charge on any atom is -0.493 e. The molecule has 0 radical (unpaired) electrons. The molecule has 2 heterocycles. The van der Waals surface area contributed by atoms with E-state index in [0.717, 1.165) is 24.8 Å². The summed E-state index contributed by atoms with van der Waals surface area (Å²) in [7, 11) is 3.25. The predicted molar refractivity (Wildman–Crippen MR) is 134 cm³/mol. The van der Waals surface area contributed by atoms with Crippen LogP contribution in [-0.2, 0) is 11.2 Å². The maximum absolute atomic E-state index is 12.5. The quantitative estimate of drug-likeness (QED) is 0.446. The van der Waals surface area contributed by atoms with Gasteiger partial charge in [0.2, 0.25) is 5.82 Å². The number of likely N-dealkylation sites (tertiary alicyclic amines) is 1. The van der Waals surface area contributed by atoms with Crippen LogP contribution >= 0.6 is 0 Å². The molecule has 0 atom stereocenters. The van der Waals surface area contributed by atoms with Crippen LogP contribution < -0.4 is 14.8 Å². The van der Waals surface area contributed by atoms with Gasteiger partial charge in [-0.1, -0.05) is 17.3 Å². The molecule has 1 aromatic heterocycles. The topological polar surface area (TPSA) is 116 Å². The number of carbonyl (C=O) groups is 2. The molecule has 0 unspecified atom stereocenters. The zero-order valence-electron chi connectivity index (χ0n) is 20.9. The van der Waals surface area contributed by atoms with Crippen LogP contribution in [0.25, 0.3) is 11.4 Å². The smallest absolute Gasteiger partial charge is 0.316 e. The van der Waals surface area contributed by atoms with Gasteiger partial charge < -0.3 is 29.0 Å². The molecule has 2 fully saturated rings. The highest BCUT2D eigenvalue weighted by molar-refractivity contribution is 5.94. The molecule has 1 saturated carbocycles. The number of hydrogen-bond donors (Lipinski definition) is 1. The van der Waals surface area contributed by atoms with E-state index in [4.69, 9.17) is 18.7 Å². The van der Waals surface area contributed by atoms with Crippen LogP contribution in [0.2, 0.25) is 0 Å². The number of nitrogens with one attached hydrogen (secondary N) is 1. The zero-order chi connectivity index (χ0) is 25.8. The molecule has 2 aliphatic rings. The summed E-state index contributed by atoms with van der Waals surface area (Å²) in [6.07, 6.45) is 4.12. The summed E-state index contributed by atoms with van der Waals surface area (Å²) in [6, 6.07) is 12.8. The average Bonchev–Trinajstić information content (AvgIpc) is 3.36.